The molecule has 1 aliphatic carbocycles. The number of aromatic amines is 1. The Labute approximate surface area is 193 Å². The van der Waals surface area contributed by atoms with E-state index in [0.29, 0.717) is 42.3 Å². The van der Waals surface area contributed by atoms with Crippen LogP contribution in [-0.2, 0) is 22.6 Å². The summed E-state index contributed by atoms with van der Waals surface area (Å²) in [5.41, 5.74) is 3.43. The zero-order chi connectivity index (χ0) is 23.4. The Kier molecular flexibility index (Phi) is 7.08. The average Bonchev–Trinajstić information content (AvgIpc) is 3.42. The number of aryl methyl sites for hydroxylation is 1. The Morgan fingerprint density at radius 3 is 2.73 bits per heavy atom. The third kappa shape index (κ3) is 5.24. The van der Waals surface area contributed by atoms with E-state index in [0.717, 1.165) is 36.9 Å². The lowest BCUT2D eigenvalue weighted by Crippen LogP contribution is -2.28. The molecule has 4 rings (SSSR count). The van der Waals surface area contributed by atoms with Crippen LogP contribution in [0.25, 0.3) is 11.0 Å². The average molecular weight is 453 g/mol. The fourth-order valence-corrected chi connectivity index (χ4v) is 4.46. The number of hydrogen-bond donors (Lipinski definition) is 2. The number of rotatable bonds is 8. The molecule has 1 aliphatic rings. The van der Waals surface area contributed by atoms with Crippen LogP contribution < -0.4 is 5.32 Å². The van der Waals surface area contributed by atoms with E-state index in [4.69, 9.17) is 4.74 Å². The number of ether oxygens (including phenoxy) is 1. The smallest absolute Gasteiger partial charge is 0.256 e. The van der Waals surface area contributed by atoms with Crippen LogP contribution in [0.4, 0.5) is 5.69 Å². The van der Waals surface area contributed by atoms with Gasteiger partial charge in [0.1, 0.15) is 5.82 Å². The van der Waals surface area contributed by atoms with Gasteiger partial charge in [-0.2, -0.15) is 0 Å². The lowest BCUT2D eigenvalue weighted by Gasteiger charge is -2.21. The highest BCUT2D eigenvalue weighted by atomic mass is 16.5. The number of carbonyl (C=O) groups excluding carboxylic acids is 2. The Morgan fingerprint density at radius 2 is 2.03 bits per heavy atom. The van der Waals surface area contributed by atoms with Gasteiger partial charge in [-0.1, -0.05) is 19.3 Å². The minimum Gasteiger partial charge on any atom is -0.383 e. The summed E-state index contributed by atoms with van der Waals surface area (Å²) in [5, 5.41) is 3.04. The fraction of sp³-hybridized carbons (Fsp3) is 0.500. The molecule has 0 unspecified atom stereocenters. The Bertz CT molecular complexity index is 1130. The number of H-pyrrole nitrogens is 1. The molecule has 3 aromatic rings. The number of benzene rings is 1. The number of hydrogen-bond acceptors (Lipinski definition) is 5. The molecule has 0 atom stereocenters. The summed E-state index contributed by atoms with van der Waals surface area (Å²) in [6.45, 7) is 3.34. The van der Waals surface area contributed by atoms with Gasteiger partial charge < -0.3 is 24.5 Å². The van der Waals surface area contributed by atoms with Crippen molar-refractivity contribution in [3.63, 3.8) is 0 Å². The Morgan fingerprint density at radius 1 is 1.24 bits per heavy atom. The summed E-state index contributed by atoms with van der Waals surface area (Å²) in [6, 6.07) is 3.60. The highest BCUT2D eigenvalue weighted by molar-refractivity contribution is 6.07. The topological polar surface area (TPSA) is 105 Å². The summed E-state index contributed by atoms with van der Waals surface area (Å²) in [7, 11) is 3.39. The van der Waals surface area contributed by atoms with Crippen molar-refractivity contribution in [3.05, 3.63) is 41.7 Å². The monoisotopic (exact) mass is 452 g/mol. The van der Waals surface area contributed by atoms with E-state index < -0.39 is 0 Å². The maximum atomic E-state index is 13.5. The largest absolute Gasteiger partial charge is 0.383 e. The van der Waals surface area contributed by atoms with E-state index in [1.165, 1.54) is 6.42 Å². The predicted molar refractivity (Wildman–Crippen MR) is 126 cm³/mol. The van der Waals surface area contributed by atoms with E-state index >= 15 is 0 Å². The number of carbonyl (C=O) groups is 2. The Hall–Kier alpha value is -3.20. The molecule has 0 spiro atoms. The van der Waals surface area contributed by atoms with Crippen LogP contribution in [0.3, 0.4) is 0 Å². The van der Waals surface area contributed by atoms with Gasteiger partial charge in [0.05, 0.1) is 36.1 Å². The number of nitrogens with one attached hydrogen (secondary N) is 2. The van der Waals surface area contributed by atoms with Crippen LogP contribution in [0, 0.1) is 12.8 Å². The van der Waals surface area contributed by atoms with Crippen LogP contribution in [0.1, 0.15) is 54.0 Å². The number of amides is 2. The molecule has 1 fully saturated rings. The molecule has 176 valence electrons. The number of anilines is 1. The van der Waals surface area contributed by atoms with Crippen molar-refractivity contribution in [2.45, 2.75) is 52.1 Å². The van der Waals surface area contributed by atoms with Crippen molar-refractivity contribution in [2.24, 2.45) is 5.92 Å². The first kappa shape index (κ1) is 23.0. The van der Waals surface area contributed by atoms with Crippen molar-refractivity contribution in [2.75, 3.05) is 26.1 Å². The predicted octanol–water partition coefficient (Wildman–Crippen LogP) is 3.51. The molecule has 1 saturated carbocycles. The van der Waals surface area contributed by atoms with E-state index in [9.17, 15) is 9.59 Å². The summed E-state index contributed by atoms with van der Waals surface area (Å²) >= 11 is 0. The third-order valence-electron chi connectivity index (χ3n) is 6.21. The fourth-order valence-electron chi connectivity index (χ4n) is 4.46. The first-order valence-electron chi connectivity index (χ1n) is 11.5. The van der Waals surface area contributed by atoms with Gasteiger partial charge in [-0.25, -0.2) is 9.97 Å². The standard InChI is InChI=1S/C24H32N6O3/c1-16-13-25-21(27-16)14-29(2)24(32)19-11-18(28-23(31)17-7-5-4-6-8-17)12-20-22(19)30(15-26-20)9-10-33-3/h11-13,15,17H,4-10,14H2,1-3H3,(H,25,27)(H,28,31). The summed E-state index contributed by atoms with van der Waals surface area (Å²) in [5.74, 6) is 0.597. The number of methoxy groups -OCH3 is 1. The molecule has 9 heteroatoms. The van der Waals surface area contributed by atoms with Gasteiger partial charge in [0.2, 0.25) is 5.91 Å². The van der Waals surface area contributed by atoms with Crippen LogP contribution in [-0.4, -0.2) is 57.0 Å². The van der Waals surface area contributed by atoms with Crippen molar-refractivity contribution in [1.82, 2.24) is 24.4 Å². The number of aromatic nitrogens is 4. The molecule has 1 aromatic carbocycles. The van der Waals surface area contributed by atoms with E-state index in [1.54, 1.807) is 37.6 Å². The molecule has 9 nitrogen and oxygen atoms in total. The highest BCUT2D eigenvalue weighted by Crippen LogP contribution is 2.28. The van der Waals surface area contributed by atoms with Gasteiger partial charge in [-0.05, 0) is 31.9 Å². The van der Waals surface area contributed by atoms with Gasteiger partial charge >= 0.3 is 0 Å². The minimum atomic E-state index is -0.165. The van der Waals surface area contributed by atoms with Crippen LogP contribution >= 0.6 is 0 Å². The Balaban J connectivity index is 1.65. The van der Waals surface area contributed by atoms with Crippen LogP contribution in [0.15, 0.2) is 24.7 Å². The van der Waals surface area contributed by atoms with E-state index in [-0.39, 0.29) is 17.7 Å². The second-order valence-corrected chi connectivity index (χ2v) is 8.82. The highest BCUT2D eigenvalue weighted by Gasteiger charge is 2.24. The molecule has 0 radical (unpaired) electrons. The van der Waals surface area contributed by atoms with Crippen molar-refractivity contribution >= 4 is 28.5 Å². The molecule has 2 aromatic heterocycles. The van der Waals surface area contributed by atoms with Crippen LogP contribution in [0.5, 0.6) is 0 Å². The molecule has 0 saturated heterocycles. The number of nitrogens with zero attached hydrogens (tertiary/aromatic N) is 4. The van der Waals surface area contributed by atoms with Gasteiger partial charge in [0.25, 0.3) is 5.91 Å². The normalized spacial score (nSPS) is 14.5. The first-order chi connectivity index (χ1) is 16.0. The quantitative estimate of drug-likeness (QED) is 0.544. The summed E-state index contributed by atoms with van der Waals surface area (Å²) in [6.07, 6.45) is 8.64. The van der Waals surface area contributed by atoms with Crippen molar-refractivity contribution < 1.29 is 14.3 Å². The summed E-state index contributed by atoms with van der Waals surface area (Å²) in [4.78, 5) is 40.0. The van der Waals surface area contributed by atoms with Gasteiger partial charge in [-0.15, -0.1) is 0 Å². The lowest BCUT2D eigenvalue weighted by atomic mass is 9.88. The van der Waals surface area contributed by atoms with Gasteiger partial charge in [-0.3, -0.25) is 9.59 Å². The molecule has 2 N–H and O–H groups in total. The molecule has 0 aliphatic heterocycles. The van der Waals surface area contributed by atoms with Gasteiger partial charge in [0, 0.05) is 44.2 Å². The van der Waals surface area contributed by atoms with Crippen LogP contribution in [0.2, 0.25) is 0 Å². The summed E-state index contributed by atoms with van der Waals surface area (Å²) < 4.78 is 7.14. The molecule has 2 heterocycles. The second-order valence-electron chi connectivity index (χ2n) is 8.82. The minimum absolute atomic E-state index is 0.0191. The lowest BCUT2D eigenvalue weighted by molar-refractivity contribution is -0.120. The number of imidazole rings is 2. The SMILES string of the molecule is COCCn1cnc2cc(NC(=O)C3CCCCC3)cc(C(=O)N(C)Cc3ncc(C)[nH]3)c21. The van der Waals surface area contributed by atoms with Crippen molar-refractivity contribution in [1.29, 1.82) is 0 Å². The van der Waals surface area contributed by atoms with Crippen molar-refractivity contribution in [3.8, 4) is 0 Å². The van der Waals surface area contributed by atoms with E-state index in [1.807, 2.05) is 17.6 Å². The second kappa shape index (κ2) is 10.2. The zero-order valence-electron chi connectivity index (χ0n) is 19.6. The van der Waals surface area contributed by atoms with Gasteiger partial charge in [0.15, 0.2) is 0 Å². The third-order valence-corrected chi connectivity index (χ3v) is 6.21. The molecule has 2 amide bonds. The maximum Gasteiger partial charge on any atom is 0.256 e. The zero-order valence-corrected chi connectivity index (χ0v) is 19.6. The molecular weight excluding hydrogens is 420 g/mol. The molecule has 33 heavy (non-hydrogen) atoms. The number of fused-ring (bicyclic) bond motifs is 1. The maximum absolute atomic E-state index is 13.5. The first-order valence-corrected chi connectivity index (χ1v) is 11.5. The molecule has 0 bridgehead atoms. The van der Waals surface area contributed by atoms with E-state index in [2.05, 4.69) is 20.3 Å². The molecular formula is C24H32N6O3.